The average Bonchev–Trinajstić information content (AvgIpc) is 2.67. The highest BCUT2D eigenvalue weighted by atomic mass is 32.2. The first-order valence-electron chi connectivity index (χ1n) is 8.21. The predicted octanol–water partition coefficient (Wildman–Crippen LogP) is 5.07. The summed E-state index contributed by atoms with van der Waals surface area (Å²) in [6.45, 7) is 0. The van der Waals surface area contributed by atoms with Crippen LogP contribution in [0.25, 0.3) is 21.5 Å². The zero-order valence-corrected chi connectivity index (χ0v) is 15.1. The number of nitrogens with zero attached hydrogens (tertiary/aromatic N) is 2. The molecule has 0 aliphatic carbocycles. The van der Waals surface area contributed by atoms with Crippen molar-refractivity contribution in [2.45, 2.75) is 4.90 Å². The van der Waals surface area contributed by atoms with Crippen molar-refractivity contribution in [3.05, 3.63) is 66.7 Å². The Bertz CT molecular complexity index is 1360. The summed E-state index contributed by atoms with van der Waals surface area (Å²) in [6, 6.07) is 17.6. The number of phenolic OH excluding ortho intramolecular Hbond substituents is 2. The molecule has 0 saturated carbocycles. The van der Waals surface area contributed by atoms with Crippen LogP contribution < -0.4 is 0 Å². The summed E-state index contributed by atoms with van der Waals surface area (Å²) in [5.74, 6) is -0.345. The smallest absolute Gasteiger partial charge is 0.295 e. The molecule has 4 aromatic carbocycles. The molecule has 0 amide bonds. The molecule has 7 nitrogen and oxygen atoms in total. The van der Waals surface area contributed by atoms with Crippen molar-refractivity contribution in [3.8, 4) is 11.5 Å². The Hall–Kier alpha value is -3.49. The molecule has 4 aromatic rings. The van der Waals surface area contributed by atoms with Crippen LogP contribution in [0.3, 0.4) is 0 Å². The van der Waals surface area contributed by atoms with E-state index in [2.05, 4.69) is 10.2 Å². The molecule has 0 heterocycles. The summed E-state index contributed by atoms with van der Waals surface area (Å²) in [4.78, 5) is -0.310. The number of rotatable bonds is 3. The Morgan fingerprint density at radius 2 is 1.46 bits per heavy atom. The second kappa shape index (κ2) is 6.59. The summed E-state index contributed by atoms with van der Waals surface area (Å²) in [6.07, 6.45) is 0. The highest BCUT2D eigenvalue weighted by Gasteiger charge is 2.16. The zero-order valence-electron chi connectivity index (χ0n) is 14.3. The van der Waals surface area contributed by atoms with E-state index in [0.717, 1.165) is 5.39 Å². The topological polar surface area (TPSA) is 120 Å². The van der Waals surface area contributed by atoms with E-state index in [0.29, 0.717) is 5.39 Å². The second-order valence-corrected chi connectivity index (χ2v) is 7.50. The molecule has 0 aliphatic rings. The van der Waals surface area contributed by atoms with Crippen LogP contribution in [0.15, 0.2) is 81.9 Å². The highest BCUT2D eigenvalue weighted by Crippen LogP contribution is 2.40. The van der Waals surface area contributed by atoms with Crippen molar-refractivity contribution in [1.29, 1.82) is 0 Å². The number of hydrogen-bond donors (Lipinski definition) is 3. The van der Waals surface area contributed by atoms with E-state index >= 15 is 0 Å². The Labute approximate surface area is 160 Å². The van der Waals surface area contributed by atoms with Crippen molar-refractivity contribution in [1.82, 2.24) is 0 Å². The summed E-state index contributed by atoms with van der Waals surface area (Å²) in [5, 5.41) is 30.7. The minimum Gasteiger partial charge on any atom is -0.506 e. The number of hydrogen-bond acceptors (Lipinski definition) is 6. The van der Waals surface area contributed by atoms with Gasteiger partial charge in [-0.05, 0) is 23.6 Å². The molecule has 0 unspecified atom stereocenters. The van der Waals surface area contributed by atoms with E-state index in [4.69, 9.17) is 0 Å². The molecule has 0 radical (unpaired) electrons. The Morgan fingerprint density at radius 1 is 0.714 bits per heavy atom. The molecule has 4 rings (SSSR count). The van der Waals surface area contributed by atoms with Gasteiger partial charge in [-0.25, -0.2) is 0 Å². The van der Waals surface area contributed by atoms with Gasteiger partial charge in [0.25, 0.3) is 10.1 Å². The average molecular weight is 394 g/mol. The molecule has 28 heavy (non-hydrogen) atoms. The summed E-state index contributed by atoms with van der Waals surface area (Å²) in [5.41, 5.74) is 0.344. The summed E-state index contributed by atoms with van der Waals surface area (Å²) >= 11 is 0. The predicted molar refractivity (Wildman–Crippen MR) is 105 cm³/mol. The number of phenols is 2. The van der Waals surface area contributed by atoms with E-state index in [1.807, 2.05) is 18.2 Å². The number of benzene rings is 4. The van der Waals surface area contributed by atoms with Gasteiger partial charge in [0.1, 0.15) is 22.0 Å². The molecule has 3 N–H and O–H groups in total. The fourth-order valence-corrected chi connectivity index (χ4v) is 3.77. The Balaban J connectivity index is 1.86. The lowest BCUT2D eigenvalue weighted by Gasteiger charge is -2.07. The minimum atomic E-state index is -4.44. The van der Waals surface area contributed by atoms with Crippen LogP contribution in [0.5, 0.6) is 11.5 Å². The van der Waals surface area contributed by atoms with E-state index in [9.17, 15) is 23.2 Å². The van der Waals surface area contributed by atoms with E-state index in [1.54, 1.807) is 12.1 Å². The minimum absolute atomic E-state index is 0.0589. The first kappa shape index (κ1) is 17.9. The van der Waals surface area contributed by atoms with Gasteiger partial charge in [0.15, 0.2) is 5.75 Å². The Kier molecular flexibility index (Phi) is 4.21. The molecule has 0 spiro atoms. The molecule has 0 saturated heterocycles. The number of azo groups is 1. The molecular formula is C20H14N2O5S. The van der Waals surface area contributed by atoms with Gasteiger partial charge in [-0.15, -0.1) is 10.2 Å². The van der Waals surface area contributed by atoms with E-state index < -0.39 is 10.1 Å². The maximum Gasteiger partial charge on any atom is 0.295 e. The molecule has 0 bridgehead atoms. The molecule has 0 fully saturated rings. The fourth-order valence-electron chi connectivity index (χ4n) is 3.06. The summed E-state index contributed by atoms with van der Waals surface area (Å²) < 4.78 is 32.4. The van der Waals surface area contributed by atoms with Crippen molar-refractivity contribution >= 4 is 43.0 Å². The first-order valence-corrected chi connectivity index (χ1v) is 9.65. The number of aromatic hydroxyl groups is 2. The van der Waals surface area contributed by atoms with Crippen LogP contribution in [0.4, 0.5) is 11.4 Å². The van der Waals surface area contributed by atoms with Gasteiger partial charge in [-0.3, -0.25) is 4.55 Å². The standard InChI is InChI=1S/C20H14N2O5S/c23-17-11-8-12-4-1-2-5-13(12)19(17)22-21-16-10-9-14-15(20(16)24)6-3-7-18(14)28(25,26)27/h1-11,23-24H,(H,25,26,27). The van der Waals surface area contributed by atoms with Gasteiger partial charge < -0.3 is 10.2 Å². The lowest BCUT2D eigenvalue weighted by Crippen LogP contribution is -1.98. The van der Waals surface area contributed by atoms with Gasteiger partial charge in [-0.2, -0.15) is 8.42 Å². The van der Waals surface area contributed by atoms with Crippen molar-refractivity contribution < 1.29 is 23.2 Å². The van der Waals surface area contributed by atoms with Crippen molar-refractivity contribution in [2.75, 3.05) is 0 Å². The zero-order chi connectivity index (χ0) is 19.9. The second-order valence-electron chi connectivity index (χ2n) is 6.11. The first-order chi connectivity index (χ1) is 13.4. The van der Waals surface area contributed by atoms with Crippen molar-refractivity contribution in [3.63, 3.8) is 0 Å². The largest absolute Gasteiger partial charge is 0.506 e. The number of fused-ring (bicyclic) bond motifs is 2. The molecule has 0 aromatic heterocycles. The van der Waals surface area contributed by atoms with Gasteiger partial charge in [-0.1, -0.05) is 48.5 Å². The van der Waals surface area contributed by atoms with Crippen LogP contribution in [0.2, 0.25) is 0 Å². The van der Waals surface area contributed by atoms with E-state index in [1.165, 1.54) is 36.4 Å². The third-order valence-electron chi connectivity index (χ3n) is 4.39. The van der Waals surface area contributed by atoms with Crippen LogP contribution in [0, 0.1) is 0 Å². The lowest BCUT2D eigenvalue weighted by molar-refractivity contribution is 0.476. The normalized spacial score (nSPS) is 12.2. The molecule has 0 atom stereocenters. The third-order valence-corrected chi connectivity index (χ3v) is 5.30. The maximum absolute atomic E-state index is 11.5. The molecule has 0 aliphatic heterocycles. The van der Waals surface area contributed by atoms with Gasteiger partial charge in [0, 0.05) is 16.2 Å². The SMILES string of the molecule is O=S(=O)(O)c1cccc2c(O)c(N=Nc3c(O)ccc4ccccc34)ccc12. The molecule has 140 valence electrons. The van der Waals surface area contributed by atoms with Crippen LogP contribution >= 0.6 is 0 Å². The third kappa shape index (κ3) is 3.04. The fraction of sp³-hybridized carbons (Fsp3) is 0. The molecular weight excluding hydrogens is 380 g/mol. The molecule has 8 heteroatoms. The van der Waals surface area contributed by atoms with Crippen LogP contribution in [-0.2, 0) is 10.1 Å². The van der Waals surface area contributed by atoms with Crippen LogP contribution in [0.1, 0.15) is 0 Å². The lowest BCUT2D eigenvalue weighted by atomic mass is 10.1. The van der Waals surface area contributed by atoms with Gasteiger partial charge in [0.05, 0.1) is 0 Å². The van der Waals surface area contributed by atoms with Gasteiger partial charge in [0.2, 0.25) is 0 Å². The van der Waals surface area contributed by atoms with Crippen LogP contribution in [-0.4, -0.2) is 23.2 Å². The highest BCUT2D eigenvalue weighted by molar-refractivity contribution is 7.86. The monoisotopic (exact) mass is 394 g/mol. The quantitative estimate of drug-likeness (QED) is 0.331. The maximum atomic E-state index is 11.5. The van der Waals surface area contributed by atoms with Gasteiger partial charge >= 0.3 is 0 Å². The Morgan fingerprint density at radius 3 is 2.25 bits per heavy atom. The van der Waals surface area contributed by atoms with Crippen molar-refractivity contribution in [2.24, 2.45) is 10.2 Å². The van der Waals surface area contributed by atoms with E-state index in [-0.39, 0.29) is 38.5 Å². The summed E-state index contributed by atoms with van der Waals surface area (Å²) in [7, 11) is -4.44.